The first-order valence-electron chi connectivity index (χ1n) is 10.6. The van der Waals surface area contributed by atoms with E-state index in [-0.39, 0.29) is 17.2 Å². The molecule has 34 heavy (non-hydrogen) atoms. The molecule has 10 nitrogen and oxygen atoms in total. The van der Waals surface area contributed by atoms with Crippen molar-refractivity contribution in [3.05, 3.63) is 65.7 Å². The van der Waals surface area contributed by atoms with Gasteiger partial charge in [0.15, 0.2) is 0 Å². The van der Waals surface area contributed by atoms with E-state index in [0.29, 0.717) is 22.1 Å². The first-order valence-corrected chi connectivity index (χ1v) is 12.1. The largest absolute Gasteiger partial charge is 0.464 e. The molecule has 1 atom stereocenters. The molecule has 182 valence electrons. The number of amides is 2. The van der Waals surface area contributed by atoms with Crippen molar-refractivity contribution in [3.63, 3.8) is 0 Å². The lowest BCUT2D eigenvalue weighted by Crippen LogP contribution is -2.48. The van der Waals surface area contributed by atoms with E-state index in [2.05, 4.69) is 10.2 Å². The van der Waals surface area contributed by atoms with Crippen LogP contribution in [0, 0.1) is 6.92 Å². The van der Waals surface area contributed by atoms with E-state index >= 15 is 0 Å². The lowest BCUT2D eigenvalue weighted by molar-refractivity contribution is -0.145. The van der Waals surface area contributed by atoms with Crippen molar-refractivity contribution in [2.45, 2.75) is 45.1 Å². The number of nitrogens with zero attached hydrogens (tertiary/aromatic N) is 3. The quantitative estimate of drug-likeness (QED) is 0.301. The summed E-state index contributed by atoms with van der Waals surface area (Å²) in [5.41, 5.74) is 8.99. The van der Waals surface area contributed by atoms with Gasteiger partial charge in [-0.3, -0.25) is 0 Å². The number of ether oxygens (including phenoxy) is 1. The molecule has 0 bridgehead atoms. The lowest BCUT2D eigenvalue weighted by Gasteiger charge is -2.28. The van der Waals surface area contributed by atoms with Crippen molar-refractivity contribution in [3.8, 4) is 0 Å². The van der Waals surface area contributed by atoms with Crippen molar-refractivity contribution < 1.29 is 22.7 Å². The smallest absolute Gasteiger partial charge is 0.337 e. The fraction of sp³-hybridized carbons (Fsp3) is 0.304. The highest BCUT2D eigenvalue weighted by molar-refractivity contribution is 7.89. The maximum Gasteiger partial charge on any atom is 0.337 e. The summed E-state index contributed by atoms with van der Waals surface area (Å²) >= 11 is 0. The number of primary amides is 1. The Morgan fingerprint density at radius 1 is 1.09 bits per heavy atom. The molecule has 0 saturated carbocycles. The maximum absolute atomic E-state index is 13.8. The number of benzene rings is 2. The fourth-order valence-corrected chi connectivity index (χ4v) is 4.41. The number of nitrogens with one attached hydrogen (secondary N) is 1. The summed E-state index contributed by atoms with van der Waals surface area (Å²) < 4.78 is 33.4. The van der Waals surface area contributed by atoms with Crippen molar-refractivity contribution in [2.75, 3.05) is 6.61 Å². The van der Waals surface area contributed by atoms with Crippen LogP contribution in [0.4, 0.5) is 4.79 Å². The molecule has 0 saturated heterocycles. The lowest BCUT2D eigenvalue weighted by atomic mass is 10.1. The second kappa shape index (κ2) is 11.9. The number of carbonyl (C=O) groups is 2. The van der Waals surface area contributed by atoms with Crippen LogP contribution in [0.3, 0.4) is 0 Å². The zero-order valence-corrected chi connectivity index (χ0v) is 20.4. The summed E-state index contributed by atoms with van der Waals surface area (Å²) in [6.07, 6.45) is 0.370. The normalized spacial score (nSPS) is 13.2. The number of aryl methyl sites for hydroxylation is 1. The second-order valence-corrected chi connectivity index (χ2v) is 9.04. The van der Waals surface area contributed by atoms with E-state index < -0.39 is 28.1 Å². The fourth-order valence-electron chi connectivity index (χ4n) is 3.00. The van der Waals surface area contributed by atoms with Gasteiger partial charge < -0.3 is 10.5 Å². The summed E-state index contributed by atoms with van der Waals surface area (Å²) in [7, 11) is -4.36. The van der Waals surface area contributed by atoms with Gasteiger partial charge >= 0.3 is 12.0 Å². The van der Waals surface area contributed by atoms with E-state index in [1.807, 2.05) is 25.3 Å². The molecule has 0 aliphatic rings. The molecule has 0 aliphatic heterocycles. The molecule has 11 heteroatoms. The zero-order chi connectivity index (χ0) is 25.3. The van der Waals surface area contributed by atoms with Crippen molar-refractivity contribution >= 4 is 33.4 Å². The van der Waals surface area contributed by atoms with Crippen LogP contribution in [0.25, 0.3) is 0 Å². The monoisotopic (exact) mass is 487 g/mol. The zero-order valence-electron chi connectivity index (χ0n) is 19.6. The Morgan fingerprint density at radius 3 is 2.24 bits per heavy atom. The van der Waals surface area contributed by atoms with Crippen molar-refractivity contribution in [2.24, 2.45) is 15.9 Å². The molecule has 3 N–H and O–H groups in total. The van der Waals surface area contributed by atoms with Gasteiger partial charge in [0, 0.05) is 0 Å². The summed E-state index contributed by atoms with van der Waals surface area (Å²) in [6, 6.07) is 12.6. The molecule has 0 fully saturated rings. The van der Waals surface area contributed by atoms with Crippen LogP contribution in [0.1, 0.15) is 38.3 Å². The van der Waals surface area contributed by atoms with Crippen LogP contribution in [0.5, 0.6) is 0 Å². The van der Waals surface area contributed by atoms with E-state index in [1.54, 1.807) is 43.3 Å². The Balaban J connectivity index is 2.78. The predicted molar refractivity (Wildman–Crippen MR) is 130 cm³/mol. The molecule has 0 aromatic heterocycles. The molecule has 2 amide bonds. The summed E-state index contributed by atoms with van der Waals surface area (Å²) in [5, 5.41) is 8.21. The van der Waals surface area contributed by atoms with Crippen LogP contribution in [0.15, 0.2) is 69.7 Å². The molecular weight excluding hydrogens is 458 g/mol. The van der Waals surface area contributed by atoms with Gasteiger partial charge in [0.05, 0.1) is 22.9 Å². The van der Waals surface area contributed by atoms with Gasteiger partial charge in [-0.05, 0) is 44.9 Å². The van der Waals surface area contributed by atoms with Crippen molar-refractivity contribution in [1.29, 1.82) is 0 Å². The average molecular weight is 488 g/mol. The number of hydrogen-bond acceptors (Lipinski definition) is 7. The molecule has 2 aromatic rings. The van der Waals surface area contributed by atoms with Crippen molar-refractivity contribution in [1.82, 2.24) is 9.84 Å². The minimum atomic E-state index is -4.36. The predicted octanol–water partition coefficient (Wildman–Crippen LogP) is 2.78. The highest BCUT2D eigenvalue weighted by Crippen LogP contribution is 2.23. The molecule has 2 rings (SSSR count). The first kappa shape index (κ1) is 26.5. The van der Waals surface area contributed by atoms with E-state index in [0.717, 1.165) is 5.56 Å². The average Bonchev–Trinajstić information content (AvgIpc) is 2.81. The van der Waals surface area contributed by atoms with Crippen LogP contribution in [-0.2, 0) is 19.6 Å². The maximum atomic E-state index is 13.8. The van der Waals surface area contributed by atoms with Crippen LogP contribution in [-0.4, -0.2) is 48.9 Å². The van der Waals surface area contributed by atoms with Crippen LogP contribution >= 0.6 is 0 Å². The number of nitrogens with two attached hydrogens (primary N) is 1. The highest BCUT2D eigenvalue weighted by atomic mass is 32.2. The standard InChI is InChI=1S/C23H29N5O5S/c1-5-20(18-10-8-7-9-11-18)27-28(34(31,32)19-14-12-16(3)13-15-19)21(22(29)33-6-2)17(4)25-26-23(24)30/h7-15,21H,5-6H2,1-4H3,(H3,24,26,30)/b25-17+,27-20-. The molecule has 0 radical (unpaired) electrons. The molecule has 1 unspecified atom stereocenters. The van der Waals surface area contributed by atoms with Gasteiger partial charge in [-0.15, -0.1) is 0 Å². The van der Waals surface area contributed by atoms with Crippen LogP contribution < -0.4 is 11.2 Å². The Bertz CT molecular complexity index is 1160. The molecule has 0 aliphatic carbocycles. The molecular formula is C23H29N5O5S. The van der Waals surface area contributed by atoms with E-state index in [9.17, 15) is 18.0 Å². The second-order valence-electron chi connectivity index (χ2n) is 7.24. The Labute approximate surface area is 199 Å². The minimum absolute atomic E-state index is 0.00663. The number of rotatable bonds is 10. The highest BCUT2D eigenvalue weighted by Gasteiger charge is 2.39. The van der Waals surface area contributed by atoms with Gasteiger partial charge in [0.1, 0.15) is 0 Å². The number of carbonyl (C=O) groups excluding carboxylic acids is 2. The summed E-state index contributed by atoms with van der Waals surface area (Å²) in [6.45, 7) is 6.60. The number of urea groups is 1. The minimum Gasteiger partial charge on any atom is -0.464 e. The Morgan fingerprint density at radius 2 is 1.71 bits per heavy atom. The van der Waals surface area contributed by atoms with E-state index in [1.165, 1.54) is 19.1 Å². The van der Waals surface area contributed by atoms with Crippen LogP contribution in [0.2, 0.25) is 0 Å². The number of sulfonamides is 1. The summed E-state index contributed by atoms with van der Waals surface area (Å²) in [4.78, 5) is 24.1. The number of hydrogen-bond donors (Lipinski definition) is 2. The van der Waals surface area contributed by atoms with Gasteiger partial charge in [0.25, 0.3) is 10.0 Å². The SMILES string of the molecule is CCOC(=O)C(/C(C)=N/NC(N)=O)N(/N=C(/CC)c1ccccc1)S(=O)(=O)c1ccc(C)cc1. The van der Waals surface area contributed by atoms with Gasteiger partial charge in [-0.25, -0.2) is 15.0 Å². The van der Waals surface area contributed by atoms with Gasteiger partial charge in [-0.1, -0.05) is 55.0 Å². The molecule has 2 aromatic carbocycles. The Hall–Kier alpha value is -3.73. The third-order valence-corrected chi connectivity index (χ3v) is 6.35. The third-order valence-electron chi connectivity index (χ3n) is 4.70. The molecule has 0 spiro atoms. The number of hydrazone groups is 2. The first-order chi connectivity index (χ1) is 16.1. The number of esters is 1. The Kier molecular flexibility index (Phi) is 9.31. The molecule has 0 heterocycles. The summed E-state index contributed by atoms with van der Waals surface area (Å²) in [5.74, 6) is -0.905. The van der Waals surface area contributed by atoms with Gasteiger partial charge in [-0.2, -0.15) is 23.0 Å². The van der Waals surface area contributed by atoms with E-state index in [4.69, 9.17) is 10.5 Å². The van der Waals surface area contributed by atoms with Gasteiger partial charge in [0.2, 0.25) is 6.04 Å². The topological polar surface area (TPSA) is 144 Å². The third kappa shape index (κ3) is 6.64.